The highest BCUT2D eigenvalue weighted by atomic mass is 79.9. The predicted molar refractivity (Wildman–Crippen MR) is 75.9 cm³/mol. The Morgan fingerprint density at radius 3 is 2.38 bits per heavy atom. The number of aliphatic hydroxyl groups excluding tert-OH is 1. The molecular weight excluding hydrogens is 349 g/mol. The van der Waals surface area contributed by atoms with E-state index in [1.54, 1.807) is 0 Å². The molecule has 0 saturated carbocycles. The van der Waals surface area contributed by atoms with Crippen LogP contribution in [0.25, 0.3) is 0 Å². The van der Waals surface area contributed by atoms with E-state index in [0.29, 0.717) is 5.75 Å². The van der Waals surface area contributed by atoms with Crippen molar-refractivity contribution in [3.63, 3.8) is 0 Å². The fraction of sp³-hybridized carbons (Fsp3) is 0.200. The van der Waals surface area contributed by atoms with E-state index in [1.165, 1.54) is 12.1 Å². The van der Waals surface area contributed by atoms with E-state index < -0.39 is 17.8 Å². The molecule has 2 nitrogen and oxygen atoms in total. The quantitative estimate of drug-likeness (QED) is 0.855. The van der Waals surface area contributed by atoms with E-state index in [4.69, 9.17) is 9.84 Å². The molecule has 6 heteroatoms. The number of ether oxygens (including phenoxy) is 1. The third-order valence-corrected chi connectivity index (χ3v) is 3.50. The normalized spacial score (nSPS) is 13.0. The molecule has 0 bridgehead atoms. The molecule has 0 aliphatic heterocycles. The molecule has 2 aromatic rings. The second-order valence-electron chi connectivity index (χ2n) is 4.37. The highest BCUT2D eigenvalue weighted by Gasteiger charge is 2.42. The standard InChI is InChI=1S/C15H12BrF3O2/c16-13-8-11(21-9-10-4-2-1-3-5-10)6-7-12(13)15(18,19)14(17)20/h1-8,14,20H,9H2. The van der Waals surface area contributed by atoms with Gasteiger partial charge < -0.3 is 9.84 Å². The van der Waals surface area contributed by atoms with Crippen molar-refractivity contribution in [2.75, 3.05) is 0 Å². The molecule has 112 valence electrons. The van der Waals surface area contributed by atoms with Gasteiger partial charge in [-0.25, -0.2) is 4.39 Å². The van der Waals surface area contributed by atoms with Crippen LogP contribution >= 0.6 is 15.9 Å². The summed E-state index contributed by atoms with van der Waals surface area (Å²) in [6, 6.07) is 13.0. The van der Waals surface area contributed by atoms with E-state index >= 15 is 0 Å². The number of benzene rings is 2. The van der Waals surface area contributed by atoms with Crippen molar-refractivity contribution < 1.29 is 23.0 Å². The summed E-state index contributed by atoms with van der Waals surface area (Å²) >= 11 is 2.94. The van der Waals surface area contributed by atoms with Crippen LogP contribution in [0.15, 0.2) is 53.0 Å². The predicted octanol–water partition coefficient (Wildman–Crippen LogP) is 4.41. The van der Waals surface area contributed by atoms with Crippen molar-refractivity contribution in [2.24, 2.45) is 0 Å². The Balaban J connectivity index is 2.12. The molecule has 1 atom stereocenters. The average molecular weight is 361 g/mol. The minimum Gasteiger partial charge on any atom is -0.489 e. The van der Waals surface area contributed by atoms with E-state index in [9.17, 15) is 13.2 Å². The van der Waals surface area contributed by atoms with Gasteiger partial charge in [-0.05, 0) is 23.8 Å². The molecule has 21 heavy (non-hydrogen) atoms. The lowest BCUT2D eigenvalue weighted by Gasteiger charge is -2.19. The zero-order valence-corrected chi connectivity index (χ0v) is 12.4. The second kappa shape index (κ2) is 6.49. The first kappa shape index (κ1) is 15.9. The molecule has 0 aliphatic rings. The van der Waals surface area contributed by atoms with Gasteiger partial charge in [0.25, 0.3) is 6.36 Å². The molecule has 0 fully saturated rings. The first-order chi connectivity index (χ1) is 9.91. The maximum absolute atomic E-state index is 13.4. The number of hydrogen-bond acceptors (Lipinski definition) is 2. The number of hydrogen-bond donors (Lipinski definition) is 1. The summed E-state index contributed by atoms with van der Waals surface area (Å²) in [6.45, 7) is 0.286. The summed E-state index contributed by atoms with van der Waals surface area (Å²) < 4.78 is 44.9. The molecule has 2 rings (SSSR count). The monoisotopic (exact) mass is 360 g/mol. The van der Waals surface area contributed by atoms with Gasteiger partial charge >= 0.3 is 5.92 Å². The summed E-state index contributed by atoms with van der Waals surface area (Å²) in [7, 11) is 0. The Bertz CT molecular complexity index is 603. The molecule has 0 saturated heterocycles. The largest absolute Gasteiger partial charge is 0.489 e. The Hall–Kier alpha value is -1.53. The Kier molecular flexibility index (Phi) is 4.90. The Labute approximate surface area is 128 Å². The summed E-state index contributed by atoms with van der Waals surface area (Å²) in [5, 5.41) is 8.51. The Morgan fingerprint density at radius 1 is 1.14 bits per heavy atom. The van der Waals surface area contributed by atoms with Crippen LogP contribution in [0.4, 0.5) is 13.2 Å². The van der Waals surface area contributed by atoms with E-state index in [2.05, 4.69) is 15.9 Å². The van der Waals surface area contributed by atoms with Crippen LogP contribution in [0.3, 0.4) is 0 Å². The van der Waals surface area contributed by atoms with Crippen LogP contribution in [-0.2, 0) is 12.5 Å². The SMILES string of the molecule is OC(F)C(F)(F)c1ccc(OCc2ccccc2)cc1Br. The summed E-state index contributed by atoms with van der Waals surface area (Å²) in [5.74, 6) is -3.62. The van der Waals surface area contributed by atoms with Gasteiger partial charge in [0.1, 0.15) is 12.4 Å². The van der Waals surface area contributed by atoms with Crippen LogP contribution in [0.2, 0.25) is 0 Å². The number of aliphatic hydroxyl groups is 1. The van der Waals surface area contributed by atoms with Gasteiger partial charge in [-0.3, -0.25) is 0 Å². The van der Waals surface area contributed by atoms with E-state index in [0.717, 1.165) is 11.6 Å². The molecule has 0 aromatic heterocycles. The third kappa shape index (κ3) is 3.77. The third-order valence-electron chi connectivity index (χ3n) is 2.85. The fourth-order valence-electron chi connectivity index (χ4n) is 1.73. The van der Waals surface area contributed by atoms with Crippen molar-refractivity contribution in [1.29, 1.82) is 0 Å². The minimum absolute atomic E-state index is 0.0326. The zero-order chi connectivity index (χ0) is 15.5. The molecule has 1 N–H and O–H groups in total. The maximum atomic E-state index is 13.4. The van der Waals surface area contributed by atoms with Gasteiger partial charge in [-0.2, -0.15) is 8.78 Å². The van der Waals surface area contributed by atoms with E-state index in [-0.39, 0.29) is 11.1 Å². The molecule has 1 unspecified atom stereocenters. The van der Waals surface area contributed by atoms with Gasteiger partial charge in [0.15, 0.2) is 0 Å². The van der Waals surface area contributed by atoms with Crippen LogP contribution in [0.1, 0.15) is 11.1 Å². The van der Waals surface area contributed by atoms with Crippen molar-refractivity contribution in [2.45, 2.75) is 18.9 Å². The minimum atomic E-state index is -3.98. The van der Waals surface area contributed by atoms with Gasteiger partial charge in [-0.1, -0.05) is 46.3 Å². The van der Waals surface area contributed by atoms with Crippen LogP contribution < -0.4 is 4.74 Å². The van der Waals surface area contributed by atoms with E-state index in [1.807, 2.05) is 30.3 Å². The summed E-state index contributed by atoms with van der Waals surface area (Å²) in [5.41, 5.74) is 0.298. The molecule has 0 amide bonds. The van der Waals surface area contributed by atoms with Crippen molar-refractivity contribution in [3.8, 4) is 5.75 Å². The first-order valence-corrected chi connectivity index (χ1v) is 6.87. The van der Waals surface area contributed by atoms with Gasteiger partial charge in [0.05, 0.1) is 0 Å². The number of rotatable bonds is 5. The molecular formula is C15H12BrF3O2. The molecule has 0 aliphatic carbocycles. The second-order valence-corrected chi connectivity index (χ2v) is 5.23. The molecule has 2 aromatic carbocycles. The lowest BCUT2D eigenvalue weighted by atomic mass is 10.1. The summed E-state index contributed by atoms with van der Waals surface area (Å²) in [6.07, 6.45) is -3.26. The summed E-state index contributed by atoms with van der Waals surface area (Å²) in [4.78, 5) is 0. The first-order valence-electron chi connectivity index (χ1n) is 6.08. The highest BCUT2D eigenvalue weighted by Crippen LogP contribution is 2.38. The smallest absolute Gasteiger partial charge is 0.328 e. The maximum Gasteiger partial charge on any atom is 0.328 e. The molecule has 0 spiro atoms. The zero-order valence-electron chi connectivity index (χ0n) is 10.8. The van der Waals surface area contributed by atoms with Crippen LogP contribution in [-0.4, -0.2) is 11.5 Å². The van der Waals surface area contributed by atoms with Crippen molar-refractivity contribution >= 4 is 15.9 Å². The van der Waals surface area contributed by atoms with Gasteiger partial charge in [0, 0.05) is 10.0 Å². The molecule has 0 radical (unpaired) electrons. The van der Waals surface area contributed by atoms with Crippen LogP contribution in [0.5, 0.6) is 5.75 Å². The topological polar surface area (TPSA) is 29.5 Å². The van der Waals surface area contributed by atoms with Crippen molar-refractivity contribution in [1.82, 2.24) is 0 Å². The number of alkyl halides is 3. The Morgan fingerprint density at radius 2 is 1.81 bits per heavy atom. The van der Waals surface area contributed by atoms with Crippen LogP contribution in [0, 0.1) is 0 Å². The van der Waals surface area contributed by atoms with Gasteiger partial charge in [-0.15, -0.1) is 0 Å². The lowest BCUT2D eigenvalue weighted by Crippen LogP contribution is -2.27. The van der Waals surface area contributed by atoms with Gasteiger partial charge in [0.2, 0.25) is 0 Å². The average Bonchev–Trinajstić information content (AvgIpc) is 2.46. The highest BCUT2D eigenvalue weighted by molar-refractivity contribution is 9.10. The lowest BCUT2D eigenvalue weighted by molar-refractivity contribution is -0.175. The number of halogens is 4. The molecule has 0 heterocycles. The van der Waals surface area contributed by atoms with Crippen molar-refractivity contribution in [3.05, 3.63) is 64.1 Å². The fourth-order valence-corrected chi connectivity index (χ4v) is 2.35.